The zero-order valence-electron chi connectivity index (χ0n) is 18.7. The van der Waals surface area contributed by atoms with Crippen molar-refractivity contribution in [2.24, 2.45) is 10.7 Å². The number of benzene rings is 5. The molecule has 160 valence electrons. The Morgan fingerprint density at radius 2 is 1.33 bits per heavy atom. The van der Waals surface area contributed by atoms with Crippen molar-refractivity contribution in [1.82, 2.24) is 0 Å². The average Bonchev–Trinajstić information content (AvgIpc) is 2.87. The molecule has 0 unspecified atom stereocenters. The quantitative estimate of drug-likeness (QED) is 0.294. The highest BCUT2D eigenvalue weighted by Gasteiger charge is 2.10. The van der Waals surface area contributed by atoms with Gasteiger partial charge < -0.3 is 5.73 Å². The highest BCUT2D eigenvalue weighted by Crippen LogP contribution is 2.25. The molecule has 0 amide bonds. The highest BCUT2D eigenvalue weighted by molar-refractivity contribution is 6.18. The van der Waals surface area contributed by atoms with Gasteiger partial charge in [-0.05, 0) is 51.2 Å². The molecule has 0 aliphatic rings. The van der Waals surface area contributed by atoms with Crippen molar-refractivity contribution in [3.63, 3.8) is 0 Å². The van der Waals surface area contributed by atoms with Gasteiger partial charge in [0, 0.05) is 11.3 Å². The van der Waals surface area contributed by atoms with Gasteiger partial charge in [-0.3, -0.25) is 4.99 Å². The van der Waals surface area contributed by atoms with Gasteiger partial charge in [0.05, 0.1) is 12.3 Å². The van der Waals surface area contributed by atoms with E-state index >= 15 is 0 Å². The van der Waals surface area contributed by atoms with E-state index in [1.165, 1.54) is 32.7 Å². The number of nitrogens with two attached hydrogens (primary N) is 1. The molecule has 0 aromatic heterocycles. The second-order valence-electron chi connectivity index (χ2n) is 8.28. The van der Waals surface area contributed by atoms with Gasteiger partial charge in [0.1, 0.15) is 0 Å². The number of nitrogens with zero attached hydrogens (tertiary/aromatic N) is 1. The zero-order valence-corrected chi connectivity index (χ0v) is 18.7. The predicted octanol–water partition coefficient (Wildman–Crippen LogP) is 7.29. The van der Waals surface area contributed by atoms with E-state index in [0.717, 1.165) is 16.8 Å². The van der Waals surface area contributed by atoms with E-state index in [2.05, 4.69) is 85.8 Å². The number of rotatable bonds is 5. The van der Waals surface area contributed by atoms with E-state index < -0.39 is 0 Å². The van der Waals surface area contributed by atoms with E-state index in [-0.39, 0.29) is 0 Å². The molecule has 0 aliphatic heterocycles. The van der Waals surface area contributed by atoms with E-state index in [9.17, 15) is 0 Å². The summed E-state index contributed by atoms with van der Waals surface area (Å²) in [6.07, 6.45) is 2.01. The summed E-state index contributed by atoms with van der Waals surface area (Å²) in [4.78, 5) is 5.15. The van der Waals surface area contributed by atoms with Gasteiger partial charge in [-0.1, -0.05) is 109 Å². The minimum atomic E-state index is 0.588. The molecule has 2 nitrogen and oxygen atoms in total. The van der Waals surface area contributed by atoms with Crippen LogP contribution in [0.1, 0.15) is 22.3 Å². The Kier molecular flexibility index (Phi) is 5.73. The van der Waals surface area contributed by atoms with Crippen molar-refractivity contribution in [3.8, 4) is 0 Å². The Balaban J connectivity index is 1.66. The maximum Gasteiger partial charge on any atom is 0.0677 e. The van der Waals surface area contributed by atoms with Crippen LogP contribution < -0.4 is 5.73 Å². The molecule has 0 fully saturated rings. The number of allylic oxidation sites excluding steroid dienone is 1. The second-order valence-corrected chi connectivity index (χ2v) is 8.28. The van der Waals surface area contributed by atoms with Gasteiger partial charge in [0.15, 0.2) is 0 Å². The monoisotopic (exact) mass is 426 g/mol. The first-order valence-electron chi connectivity index (χ1n) is 11.2. The molecule has 5 rings (SSSR count). The maximum absolute atomic E-state index is 6.55. The van der Waals surface area contributed by atoms with Crippen LogP contribution in [0, 0.1) is 6.92 Å². The Morgan fingerprint density at radius 1 is 0.697 bits per heavy atom. The van der Waals surface area contributed by atoms with Crippen LogP contribution in [0.25, 0.3) is 27.2 Å². The molecule has 2 N–H and O–H groups in total. The van der Waals surface area contributed by atoms with Crippen molar-refractivity contribution in [3.05, 3.63) is 138 Å². The lowest BCUT2D eigenvalue weighted by atomic mass is 9.98. The molecular weight excluding hydrogens is 400 g/mol. The number of hydrogen-bond acceptors (Lipinski definition) is 2. The molecular formula is C31H26N2. The summed E-state index contributed by atoms with van der Waals surface area (Å²) in [5.41, 5.74) is 12.7. The molecule has 0 spiro atoms. The van der Waals surface area contributed by atoms with Crippen molar-refractivity contribution in [2.75, 3.05) is 0 Å². The summed E-state index contributed by atoms with van der Waals surface area (Å²) >= 11 is 0. The first-order chi connectivity index (χ1) is 16.2. The topological polar surface area (TPSA) is 38.4 Å². The lowest BCUT2D eigenvalue weighted by Gasteiger charge is -2.12. The van der Waals surface area contributed by atoms with Gasteiger partial charge in [-0.25, -0.2) is 0 Å². The molecule has 0 atom stereocenters. The van der Waals surface area contributed by atoms with E-state index in [4.69, 9.17) is 10.7 Å². The Morgan fingerprint density at radius 3 is 2.12 bits per heavy atom. The van der Waals surface area contributed by atoms with Crippen LogP contribution in [0.15, 0.2) is 120 Å². The van der Waals surface area contributed by atoms with Crippen LogP contribution >= 0.6 is 0 Å². The molecule has 5 aromatic carbocycles. The first kappa shape index (κ1) is 20.7. The van der Waals surface area contributed by atoms with Gasteiger partial charge >= 0.3 is 0 Å². The normalized spacial score (nSPS) is 12.4. The molecule has 0 radical (unpaired) electrons. The molecule has 0 saturated carbocycles. The fraction of sp³-hybridized carbons (Fsp3) is 0.0645. The van der Waals surface area contributed by atoms with Gasteiger partial charge in [0.25, 0.3) is 0 Å². The fourth-order valence-electron chi connectivity index (χ4n) is 4.34. The molecule has 2 heteroatoms. The fourth-order valence-corrected chi connectivity index (χ4v) is 4.34. The number of fused-ring (bicyclic) bond motifs is 2. The van der Waals surface area contributed by atoms with Crippen LogP contribution in [0.3, 0.4) is 0 Å². The lowest BCUT2D eigenvalue weighted by Crippen LogP contribution is -2.05. The van der Waals surface area contributed by atoms with Crippen molar-refractivity contribution < 1.29 is 0 Å². The predicted molar refractivity (Wildman–Crippen MR) is 141 cm³/mol. The van der Waals surface area contributed by atoms with E-state index in [1.807, 2.05) is 36.4 Å². The van der Waals surface area contributed by atoms with Gasteiger partial charge in [-0.15, -0.1) is 0 Å². The molecule has 5 aromatic rings. The zero-order chi connectivity index (χ0) is 22.6. The third kappa shape index (κ3) is 4.28. The lowest BCUT2D eigenvalue weighted by molar-refractivity contribution is 1.06. The van der Waals surface area contributed by atoms with Crippen molar-refractivity contribution in [1.29, 1.82) is 0 Å². The Labute approximate surface area is 194 Å². The second kappa shape index (κ2) is 9.13. The number of hydrogen-bond donors (Lipinski definition) is 1. The first-order valence-corrected chi connectivity index (χ1v) is 11.2. The third-order valence-electron chi connectivity index (χ3n) is 6.15. The third-order valence-corrected chi connectivity index (χ3v) is 6.15. The van der Waals surface area contributed by atoms with Crippen LogP contribution in [-0.4, -0.2) is 5.71 Å². The summed E-state index contributed by atoms with van der Waals surface area (Å²) in [5, 5.41) is 4.85. The minimum Gasteiger partial charge on any atom is -0.398 e. The Hall–Kier alpha value is -4.17. The Bertz CT molecular complexity index is 1490. The molecule has 0 saturated heterocycles. The summed E-state index contributed by atoms with van der Waals surface area (Å²) in [6.45, 7) is 2.74. The van der Waals surface area contributed by atoms with Crippen LogP contribution in [0.4, 0.5) is 0 Å². The molecule has 33 heavy (non-hydrogen) atoms. The van der Waals surface area contributed by atoms with E-state index in [1.54, 1.807) is 0 Å². The smallest absolute Gasteiger partial charge is 0.0677 e. The van der Waals surface area contributed by atoms with Crippen molar-refractivity contribution >= 4 is 33.0 Å². The van der Waals surface area contributed by atoms with Crippen LogP contribution in [0.5, 0.6) is 0 Å². The largest absolute Gasteiger partial charge is 0.398 e. The minimum absolute atomic E-state index is 0.588. The maximum atomic E-state index is 6.55. The van der Waals surface area contributed by atoms with E-state index in [0.29, 0.717) is 12.2 Å². The van der Waals surface area contributed by atoms with Crippen LogP contribution in [0.2, 0.25) is 0 Å². The molecule has 0 bridgehead atoms. The average molecular weight is 427 g/mol. The summed E-state index contributed by atoms with van der Waals surface area (Å²) < 4.78 is 0. The summed E-state index contributed by atoms with van der Waals surface area (Å²) in [7, 11) is 0. The van der Waals surface area contributed by atoms with Crippen molar-refractivity contribution in [2.45, 2.75) is 13.5 Å². The molecule has 0 heterocycles. The number of aryl methyl sites for hydroxylation is 1. The summed E-state index contributed by atoms with van der Waals surface area (Å²) in [6, 6.07) is 37.7. The SMILES string of the molecule is Cc1ccc2ccccc2c1C/N=C(\C=C(/N)c1ccccc1)c1cccc2ccccc12. The number of aliphatic imine (C=N–C) groups is 1. The van der Waals surface area contributed by atoms with Gasteiger partial charge in [-0.2, -0.15) is 0 Å². The van der Waals surface area contributed by atoms with Crippen LogP contribution in [-0.2, 0) is 6.54 Å². The standard InChI is InChI=1S/C31H26N2/c1-22-18-19-24-11-6-8-16-27(24)29(22)21-33-31(20-30(32)25-12-3-2-4-13-25)28-17-9-14-23-10-5-7-15-26(23)28/h2-20H,21,32H2,1H3/b30-20-,33-31+. The summed E-state index contributed by atoms with van der Waals surface area (Å²) in [5.74, 6) is 0. The van der Waals surface area contributed by atoms with Gasteiger partial charge in [0.2, 0.25) is 0 Å². The highest BCUT2D eigenvalue weighted by atomic mass is 14.7. The molecule has 0 aliphatic carbocycles.